The minimum Gasteiger partial charge on any atom is -0.496 e. The first-order valence-corrected chi connectivity index (χ1v) is 7.42. The number of amides is 1. The molecule has 1 heterocycles. The maximum Gasteiger partial charge on any atom is 0.246 e. The third-order valence-corrected chi connectivity index (χ3v) is 4.08. The Kier molecular flexibility index (Phi) is 5.39. The summed E-state index contributed by atoms with van der Waals surface area (Å²) in [5.41, 5.74) is 1.89. The second kappa shape index (κ2) is 7.27. The van der Waals surface area contributed by atoms with Gasteiger partial charge in [-0.3, -0.25) is 4.79 Å². The fourth-order valence-corrected chi connectivity index (χ4v) is 2.71. The molecule has 0 spiro atoms. The number of ether oxygens (including phenoxy) is 1. The Balaban J connectivity index is 2.11. The highest BCUT2D eigenvalue weighted by molar-refractivity contribution is 5.95. The predicted octanol–water partition coefficient (Wildman–Crippen LogP) is 2.31. The molecule has 4 heteroatoms. The average Bonchev–Trinajstić information content (AvgIpc) is 2.54. The van der Waals surface area contributed by atoms with Gasteiger partial charge in [0.1, 0.15) is 5.75 Å². The lowest BCUT2D eigenvalue weighted by Gasteiger charge is -2.31. The summed E-state index contributed by atoms with van der Waals surface area (Å²) in [6.45, 7) is 3.92. The number of hydrogen-bond acceptors (Lipinski definition) is 3. The van der Waals surface area contributed by atoms with E-state index in [1.54, 1.807) is 13.2 Å². The molecule has 1 aromatic rings. The van der Waals surface area contributed by atoms with Crippen LogP contribution in [-0.4, -0.2) is 44.1 Å². The van der Waals surface area contributed by atoms with Crippen LogP contribution >= 0.6 is 0 Å². The van der Waals surface area contributed by atoms with E-state index in [2.05, 4.69) is 5.32 Å². The molecule has 1 aromatic carbocycles. The van der Waals surface area contributed by atoms with Crippen molar-refractivity contribution < 1.29 is 9.53 Å². The number of rotatable bonds is 4. The topological polar surface area (TPSA) is 41.6 Å². The highest BCUT2D eigenvalue weighted by atomic mass is 16.5. The lowest BCUT2D eigenvalue weighted by molar-refractivity contribution is -0.127. The number of carbonyl (C=O) groups excluding carboxylic acids is 1. The van der Waals surface area contributed by atoms with Gasteiger partial charge >= 0.3 is 0 Å². The first-order valence-electron chi connectivity index (χ1n) is 7.42. The molecule has 1 saturated heterocycles. The molecule has 1 aliphatic rings. The van der Waals surface area contributed by atoms with Crippen LogP contribution in [0.15, 0.2) is 30.3 Å². The van der Waals surface area contributed by atoms with Crippen LogP contribution in [0.3, 0.4) is 0 Å². The molecule has 0 aromatic heterocycles. The van der Waals surface area contributed by atoms with E-state index >= 15 is 0 Å². The second-order valence-corrected chi connectivity index (χ2v) is 5.46. The summed E-state index contributed by atoms with van der Waals surface area (Å²) in [6, 6.07) is 8.10. The van der Waals surface area contributed by atoms with Crippen molar-refractivity contribution in [1.82, 2.24) is 10.2 Å². The second-order valence-electron chi connectivity index (χ2n) is 5.46. The van der Waals surface area contributed by atoms with Crippen LogP contribution in [0.1, 0.15) is 25.3 Å². The van der Waals surface area contributed by atoms with Crippen molar-refractivity contribution in [1.29, 1.82) is 0 Å². The number of allylic oxidation sites excluding steroid dienone is 1. The fourth-order valence-electron chi connectivity index (χ4n) is 2.71. The molecule has 1 amide bonds. The molecule has 1 aliphatic heterocycles. The summed E-state index contributed by atoms with van der Waals surface area (Å²) in [6.07, 6.45) is 3.74. The van der Waals surface area contributed by atoms with Gasteiger partial charge in [-0.2, -0.15) is 0 Å². The third-order valence-electron chi connectivity index (χ3n) is 4.08. The van der Waals surface area contributed by atoms with Gasteiger partial charge in [-0.05, 0) is 44.5 Å². The molecule has 0 bridgehead atoms. The number of para-hydroxylation sites is 1. The third kappa shape index (κ3) is 3.85. The zero-order valence-corrected chi connectivity index (χ0v) is 13.1. The molecule has 0 atom stereocenters. The van der Waals surface area contributed by atoms with Gasteiger partial charge in [-0.15, -0.1) is 0 Å². The van der Waals surface area contributed by atoms with Gasteiger partial charge in [0, 0.05) is 24.7 Å². The molecule has 0 aliphatic carbocycles. The van der Waals surface area contributed by atoms with E-state index in [1.807, 2.05) is 43.1 Å². The summed E-state index contributed by atoms with van der Waals surface area (Å²) < 4.78 is 5.35. The monoisotopic (exact) mass is 288 g/mol. The van der Waals surface area contributed by atoms with E-state index in [0.717, 1.165) is 42.8 Å². The number of hydrogen-bond donors (Lipinski definition) is 1. The van der Waals surface area contributed by atoms with Crippen molar-refractivity contribution in [3.63, 3.8) is 0 Å². The fraction of sp³-hybridized carbons (Fsp3) is 0.471. The van der Waals surface area contributed by atoms with E-state index in [0.29, 0.717) is 6.04 Å². The van der Waals surface area contributed by atoms with Crippen LogP contribution < -0.4 is 10.1 Å². The summed E-state index contributed by atoms with van der Waals surface area (Å²) in [7, 11) is 3.54. The molecule has 2 rings (SSSR count). The van der Waals surface area contributed by atoms with Crippen molar-refractivity contribution in [3.8, 4) is 5.75 Å². The smallest absolute Gasteiger partial charge is 0.246 e. The quantitative estimate of drug-likeness (QED) is 0.865. The first-order chi connectivity index (χ1) is 10.1. The normalized spacial score (nSPS) is 16.6. The minimum atomic E-state index is 0.0605. The largest absolute Gasteiger partial charge is 0.496 e. The van der Waals surface area contributed by atoms with Crippen molar-refractivity contribution in [3.05, 3.63) is 35.9 Å². The Hall–Kier alpha value is -1.81. The van der Waals surface area contributed by atoms with Crippen LogP contribution in [0.25, 0.3) is 5.57 Å². The summed E-state index contributed by atoms with van der Waals surface area (Å²) in [5, 5.41) is 3.32. The van der Waals surface area contributed by atoms with Crippen LogP contribution in [-0.2, 0) is 4.79 Å². The van der Waals surface area contributed by atoms with Gasteiger partial charge in [-0.25, -0.2) is 0 Å². The van der Waals surface area contributed by atoms with Crippen molar-refractivity contribution >= 4 is 11.5 Å². The van der Waals surface area contributed by atoms with Crippen molar-refractivity contribution in [2.45, 2.75) is 25.8 Å². The number of benzene rings is 1. The van der Waals surface area contributed by atoms with E-state index in [1.165, 1.54) is 0 Å². The van der Waals surface area contributed by atoms with Gasteiger partial charge in [-0.1, -0.05) is 18.2 Å². The number of likely N-dealkylation sites (N-methyl/N-ethyl adjacent to an activating group) is 1. The minimum absolute atomic E-state index is 0.0605. The summed E-state index contributed by atoms with van der Waals surface area (Å²) in [4.78, 5) is 14.3. The van der Waals surface area contributed by atoms with Crippen molar-refractivity contribution in [2.75, 3.05) is 27.2 Å². The standard InChI is InChI=1S/C17H24N2O2/c1-13(15-6-4-5-7-16(15)21-3)12-17(20)19(2)14-8-10-18-11-9-14/h4-7,12,14,18H,8-11H2,1-3H3. The number of carbonyl (C=O) groups is 1. The first kappa shape index (κ1) is 15.6. The van der Waals surface area contributed by atoms with E-state index in [4.69, 9.17) is 4.74 Å². The highest BCUT2D eigenvalue weighted by Gasteiger charge is 2.20. The Labute approximate surface area is 126 Å². The number of methoxy groups -OCH3 is 1. The molecule has 0 unspecified atom stereocenters. The van der Waals surface area contributed by atoms with Gasteiger partial charge in [0.05, 0.1) is 7.11 Å². The zero-order valence-electron chi connectivity index (χ0n) is 13.1. The molecular formula is C17H24N2O2. The Morgan fingerprint density at radius 2 is 2.00 bits per heavy atom. The summed E-state index contributed by atoms with van der Waals surface area (Å²) >= 11 is 0. The number of nitrogens with one attached hydrogen (secondary N) is 1. The van der Waals surface area contributed by atoms with Gasteiger partial charge in [0.15, 0.2) is 0 Å². The number of nitrogens with zero attached hydrogens (tertiary/aromatic N) is 1. The Morgan fingerprint density at radius 1 is 1.33 bits per heavy atom. The van der Waals surface area contributed by atoms with Crippen LogP contribution in [0.5, 0.6) is 5.75 Å². The van der Waals surface area contributed by atoms with Crippen LogP contribution in [0, 0.1) is 0 Å². The Morgan fingerprint density at radius 3 is 2.67 bits per heavy atom. The maximum absolute atomic E-state index is 12.4. The maximum atomic E-state index is 12.4. The summed E-state index contributed by atoms with van der Waals surface area (Å²) in [5.74, 6) is 0.855. The van der Waals surface area contributed by atoms with E-state index in [9.17, 15) is 4.79 Å². The average molecular weight is 288 g/mol. The Bertz CT molecular complexity index is 519. The number of piperidine rings is 1. The molecule has 0 saturated carbocycles. The molecule has 0 radical (unpaired) electrons. The van der Waals surface area contributed by atoms with E-state index < -0.39 is 0 Å². The molecule has 21 heavy (non-hydrogen) atoms. The predicted molar refractivity (Wildman–Crippen MR) is 85.3 cm³/mol. The molecule has 114 valence electrons. The lowest BCUT2D eigenvalue weighted by atomic mass is 10.0. The van der Waals surface area contributed by atoms with Crippen LogP contribution in [0.4, 0.5) is 0 Å². The molecule has 1 fully saturated rings. The van der Waals surface area contributed by atoms with Crippen molar-refractivity contribution in [2.24, 2.45) is 0 Å². The van der Waals surface area contributed by atoms with Gasteiger partial charge in [0.2, 0.25) is 5.91 Å². The zero-order chi connectivity index (χ0) is 15.2. The molecule has 4 nitrogen and oxygen atoms in total. The van der Waals surface area contributed by atoms with Gasteiger partial charge < -0.3 is 15.0 Å². The highest BCUT2D eigenvalue weighted by Crippen LogP contribution is 2.25. The SMILES string of the molecule is COc1ccccc1C(C)=CC(=O)N(C)C1CCNCC1. The van der Waals surface area contributed by atoms with E-state index in [-0.39, 0.29) is 5.91 Å². The lowest BCUT2D eigenvalue weighted by Crippen LogP contribution is -2.43. The van der Waals surface area contributed by atoms with Gasteiger partial charge in [0.25, 0.3) is 0 Å². The van der Waals surface area contributed by atoms with Crippen LogP contribution in [0.2, 0.25) is 0 Å². The molecular weight excluding hydrogens is 264 g/mol. The molecule has 1 N–H and O–H groups in total.